The summed E-state index contributed by atoms with van der Waals surface area (Å²) in [4.78, 5) is 42.6. The molecule has 4 amide bonds. The van der Waals surface area contributed by atoms with Gasteiger partial charge in [0.05, 0.1) is 19.2 Å². The van der Waals surface area contributed by atoms with E-state index in [2.05, 4.69) is 5.32 Å². The van der Waals surface area contributed by atoms with Crippen molar-refractivity contribution in [3.8, 4) is 5.75 Å². The first kappa shape index (κ1) is 22.5. The Kier molecular flexibility index (Phi) is 6.69. The number of nitrogens with one attached hydrogen (secondary N) is 1. The molecule has 1 atom stereocenters. The van der Waals surface area contributed by atoms with E-state index in [1.807, 2.05) is 17.5 Å². The van der Waals surface area contributed by atoms with Gasteiger partial charge in [0.1, 0.15) is 17.6 Å². The summed E-state index contributed by atoms with van der Waals surface area (Å²) in [5.41, 5.74) is 0.823. The predicted octanol–water partition coefficient (Wildman–Crippen LogP) is 4.30. The lowest BCUT2D eigenvalue weighted by atomic mass is 10.1. The third-order valence-corrected chi connectivity index (χ3v) is 6.27. The molecule has 0 radical (unpaired) electrons. The van der Waals surface area contributed by atoms with Crippen molar-refractivity contribution in [2.45, 2.75) is 18.9 Å². The summed E-state index contributed by atoms with van der Waals surface area (Å²) in [6.07, 6.45) is 0.364. The van der Waals surface area contributed by atoms with Gasteiger partial charge >= 0.3 is 6.03 Å². The lowest BCUT2D eigenvalue weighted by molar-refractivity contribution is -0.124. The van der Waals surface area contributed by atoms with Crippen LogP contribution in [0.25, 0.3) is 0 Å². The molecule has 0 saturated carbocycles. The van der Waals surface area contributed by atoms with Gasteiger partial charge in [-0.2, -0.15) is 0 Å². The number of imide groups is 1. The summed E-state index contributed by atoms with van der Waals surface area (Å²) in [5, 5.41) is 4.70. The van der Waals surface area contributed by atoms with Crippen LogP contribution in [0.3, 0.4) is 0 Å². The molecular weight excluding hydrogens is 445 g/mol. The highest BCUT2D eigenvalue weighted by molar-refractivity contribution is 7.09. The van der Waals surface area contributed by atoms with Gasteiger partial charge in [0.15, 0.2) is 0 Å². The maximum absolute atomic E-state index is 13.4. The third kappa shape index (κ3) is 5.04. The maximum atomic E-state index is 13.4. The number of halogens is 1. The molecular formula is C24H22FN3O4S. The zero-order valence-corrected chi connectivity index (χ0v) is 18.7. The van der Waals surface area contributed by atoms with Crippen LogP contribution in [0.4, 0.5) is 20.6 Å². The number of amides is 4. The first-order chi connectivity index (χ1) is 16.0. The number of nitrogens with zero attached hydrogens (tertiary/aromatic N) is 2. The number of thiophene rings is 1. The predicted molar refractivity (Wildman–Crippen MR) is 124 cm³/mol. The number of carbonyl (C=O) groups is 3. The molecule has 170 valence electrons. The van der Waals surface area contributed by atoms with Crippen LogP contribution in [0.1, 0.15) is 11.3 Å². The zero-order chi connectivity index (χ0) is 23.4. The van der Waals surface area contributed by atoms with Gasteiger partial charge in [0.25, 0.3) is 5.91 Å². The average Bonchev–Trinajstić information content (AvgIpc) is 3.41. The Bertz CT molecular complexity index is 1130. The first-order valence-electron chi connectivity index (χ1n) is 10.3. The second kappa shape index (κ2) is 9.83. The standard InChI is InChI=1S/C24H22FN3O4S/c1-32-19-10-6-17(7-11-19)26-22(29)15-21-23(30)28(18-8-4-16(25)5-9-18)24(31)27(21)13-12-20-3-2-14-33-20/h2-11,14,21H,12-13,15H2,1H3,(H,26,29)/t21-/m1/s1. The molecule has 7 nitrogen and oxygen atoms in total. The molecule has 2 heterocycles. The quantitative estimate of drug-likeness (QED) is 0.501. The smallest absolute Gasteiger partial charge is 0.332 e. The summed E-state index contributed by atoms with van der Waals surface area (Å²) in [6.45, 7) is 0.281. The molecule has 0 aliphatic carbocycles. The van der Waals surface area contributed by atoms with Crippen molar-refractivity contribution in [3.05, 3.63) is 76.7 Å². The van der Waals surface area contributed by atoms with E-state index < -0.39 is 29.7 Å². The van der Waals surface area contributed by atoms with Gasteiger partial charge in [-0.15, -0.1) is 11.3 Å². The van der Waals surface area contributed by atoms with Gasteiger partial charge in [0.2, 0.25) is 5.91 Å². The average molecular weight is 468 g/mol. The summed E-state index contributed by atoms with van der Waals surface area (Å²) in [6, 6.07) is 14.3. The van der Waals surface area contributed by atoms with Crippen LogP contribution in [0.15, 0.2) is 66.0 Å². The van der Waals surface area contributed by atoms with Crippen LogP contribution in [0.2, 0.25) is 0 Å². The minimum atomic E-state index is -0.958. The summed E-state index contributed by atoms with van der Waals surface area (Å²) < 4.78 is 18.5. The lowest BCUT2D eigenvalue weighted by Crippen LogP contribution is -2.39. The Morgan fingerprint density at radius 2 is 1.82 bits per heavy atom. The monoisotopic (exact) mass is 467 g/mol. The Morgan fingerprint density at radius 3 is 2.45 bits per heavy atom. The van der Waals surface area contributed by atoms with Gasteiger partial charge in [-0.1, -0.05) is 6.07 Å². The Morgan fingerprint density at radius 1 is 1.09 bits per heavy atom. The van der Waals surface area contributed by atoms with E-state index in [1.165, 1.54) is 29.2 Å². The minimum absolute atomic E-state index is 0.196. The van der Waals surface area contributed by atoms with Crippen LogP contribution in [0, 0.1) is 5.82 Å². The molecule has 1 aromatic heterocycles. The minimum Gasteiger partial charge on any atom is -0.497 e. The van der Waals surface area contributed by atoms with E-state index in [4.69, 9.17) is 4.74 Å². The largest absolute Gasteiger partial charge is 0.497 e. The maximum Gasteiger partial charge on any atom is 0.332 e. The first-order valence-corrected chi connectivity index (χ1v) is 11.2. The Labute approximate surface area is 194 Å². The van der Waals surface area contributed by atoms with Crippen LogP contribution >= 0.6 is 11.3 Å². The normalized spacial score (nSPS) is 15.8. The fourth-order valence-corrected chi connectivity index (χ4v) is 4.36. The van der Waals surface area contributed by atoms with Gasteiger partial charge in [-0.05, 0) is 66.4 Å². The molecule has 9 heteroatoms. The van der Waals surface area contributed by atoms with E-state index in [0.29, 0.717) is 17.9 Å². The third-order valence-electron chi connectivity index (χ3n) is 5.34. The zero-order valence-electron chi connectivity index (χ0n) is 17.9. The van der Waals surface area contributed by atoms with Crippen molar-refractivity contribution < 1.29 is 23.5 Å². The summed E-state index contributed by atoms with van der Waals surface area (Å²) in [7, 11) is 1.55. The van der Waals surface area contributed by atoms with E-state index in [1.54, 1.807) is 42.7 Å². The SMILES string of the molecule is COc1ccc(NC(=O)C[C@@H]2C(=O)N(c3ccc(F)cc3)C(=O)N2CCc2cccs2)cc1. The second-order valence-electron chi connectivity index (χ2n) is 7.45. The molecule has 1 N–H and O–H groups in total. The van der Waals surface area contributed by atoms with Gasteiger partial charge in [0, 0.05) is 17.1 Å². The molecule has 0 spiro atoms. The molecule has 0 bridgehead atoms. The number of hydrogen-bond acceptors (Lipinski definition) is 5. The second-order valence-corrected chi connectivity index (χ2v) is 8.48. The number of anilines is 2. The van der Waals surface area contributed by atoms with Crippen molar-refractivity contribution in [1.82, 2.24) is 4.90 Å². The number of carbonyl (C=O) groups excluding carboxylic acids is 3. The Balaban J connectivity index is 1.53. The number of ether oxygens (including phenoxy) is 1. The van der Waals surface area contributed by atoms with Gasteiger partial charge < -0.3 is 15.0 Å². The fraction of sp³-hybridized carbons (Fsp3) is 0.208. The lowest BCUT2D eigenvalue weighted by Gasteiger charge is -2.21. The highest BCUT2D eigenvalue weighted by atomic mass is 32.1. The van der Waals surface area contributed by atoms with Gasteiger partial charge in [-0.25, -0.2) is 14.1 Å². The summed E-state index contributed by atoms with van der Waals surface area (Å²) in [5.74, 6) is -0.724. The number of methoxy groups -OCH3 is 1. The van der Waals surface area contributed by atoms with Crippen molar-refractivity contribution in [2.24, 2.45) is 0 Å². The Hall–Kier alpha value is -3.72. The molecule has 1 saturated heterocycles. The highest BCUT2D eigenvalue weighted by Gasteiger charge is 2.46. The molecule has 3 aromatic rings. The molecule has 1 fully saturated rings. The number of benzene rings is 2. The van der Waals surface area contributed by atoms with Crippen molar-refractivity contribution in [1.29, 1.82) is 0 Å². The van der Waals surface area contributed by atoms with Crippen LogP contribution in [-0.4, -0.2) is 42.4 Å². The number of urea groups is 1. The molecule has 33 heavy (non-hydrogen) atoms. The van der Waals surface area contributed by atoms with E-state index >= 15 is 0 Å². The van der Waals surface area contributed by atoms with Gasteiger partial charge in [-0.3, -0.25) is 9.59 Å². The molecule has 0 unspecified atom stereocenters. The van der Waals surface area contributed by atoms with Crippen molar-refractivity contribution in [2.75, 3.05) is 23.9 Å². The van der Waals surface area contributed by atoms with Crippen molar-refractivity contribution >= 4 is 40.6 Å². The van der Waals surface area contributed by atoms with E-state index in [0.717, 1.165) is 9.78 Å². The van der Waals surface area contributed by atoms with Crippen LogP contribution in [0.5, 0.6) is 5.75 Å². The summed E-state index contributed by atoms with van der Waals surface area (Å²) >= 11 is 1.56. The highest BCUT2D eigenvalue weighted by Crippen LogP contribution is 2.28. The molecule has 4 rings (SSSR count). The molecule has 2 aromatic carbocycles. The molecule has 1 aliphatic rings. The van der Waals surface area contributed by atoms with Crippen molar-refractivity contribution in [3.63, 3.8) is 0 Å². The van der Waals surface area contributed by atoms with E-state index in [-0.39, 0.29) is 18.7 Å². The van der Waals surface area contributed by atoms with Crippen LogP contribution < -0.4 is 15.0 Å². The van der Waals surface area contributed by atoms with Crippen LogP contribution in [-0.2, 0) is 16.0 Å². The van der Waals surface area contributed by atoms with E-state index in [9.17, 15) is 18.8 Å². The topological polar surface area (TPSA) is 79.0 Å². The molecule has 1 aliphatic heterocycles. The number of rotatable bonds is 8. The fourth-order valence-electron chi connectivity index (χ4n) is 3.66. The number of hydrogen-bond donors (Lipinski definition) is 1.